The van der Waals surface area contributed by atoms with Crippen LogP contribution in [0.15, 0.2) is 24.4 Å². The van der Waals surface area contributed by atoms with Gasteiger partial charge in [-0.3, -0.25) is 4.40 Å². The number of morpholine rings is 1. The van der Waals surface area contributed by atoms with E-state index in [0.29, 0.717) is 18.9 Å². The quantitative estimate of drug-likeness (QED) is 0.852. The van der Waals surface area contributed by atoms with Crippen molar-refractivity contribution in [3.05, 3.63) is 30.1 Å². The van der Waals surface area contributed by atoms with Crippen LogP contribution >= 0.6 is 0 Å². The molecule has 94 valence electrons. The lowest BCUT2D eigenvalue weighted by molar-refractivity contribution is 0.0691. The second-order valence-electron chi connectivity index (χ2n) is 4.14. The minimum absolute atomic E-state index is 0.0655. The van der Waals surface area contributed by atoms with E-state index in [4.69, 9.17) is 9.84 Å². The average Bonchev–Trinajstić information content (AvgIpc) is 2.83. The normalized spacial score (nSPS) is 16.1. The van der Waals surface area contributed by atoms with Crippen molar-refractivity contribution in [3.8, 4) is 0 Å². The first-order valence-electron chi connectivity index (χ1n) is 5.80. The van der Waals surface area contributed by atoms with E-state index in [-0.39, 0.29) is 5.69 Å². The molecule has 0 spiro atoms. The summed E-state index contributed by atoms with van der Waals surface area (Å²) in [6.07, 6.45) is 1.56. The standard InChI is InChI=1S/C12H13N3O3/c16-12(17)9-8-15-10(13-9)2-1-3-11(15)14-4-6-18-7-5-14/h1-3,8H,4-7H2,(H,16,17). The van der Waals surface area contributed by atoms with Gasteiger partial charge in [0.25, 0.3) is 0 Å². The van der Waals surface area contributed by atoms with Crippen LogP contribution in [0.3, 0.4) is 0 Å². The minimum Gasteiger partial charge on any atom is -0.476 e. The summed E-state index contributed by atoms with van der Waals surface area (Å²) < 4.78 is 7.13. The third-order valence-electron chi connectivity index (χ3n) is 3.02. The Morgan fingerprint density at radius 2 is 2.11 bits per heavy atom. The summed E-state index contributed by atoms with van der Waals surface area (Å²) in [6.45, 7) is 2.99. The molecule has 1 saturated heterocycles. The van der Waals surface area contributed by atoms with Gasteiger partial charge < -0.3 is 14.7 Å². The summed E-state index contributed by atoms with van der Waals surface area (Å²) in [6, 6.07) is 5.65. The number of carboxylic acid groups (broad SMARTS) is 1. The van der Waals surface area contributed by atoms with Crippen molar-refractivity contribution in [2.24, 2.45) is 0 Å². The summed E-state index contributed by atoms with van der Waals surface area (Å²) in [4.78, 5) is 17.2. The number of anilines is 1. The van der Waals surface area contributed by atoms with E-state index in [2.05, 4.69) is 9.88 Å². The lowest BCUT2D eigenvalue weighted by atomic mass is 10.3. The molecule has 18 heavy (non-hydrogen) atoms. The van der Waals surface area contributed by atoms with Crippen molar-refractivity contribution in [2.75, 3.05) is 31.2 Å². The third-order valence-corrected chi connectivity index (χ3v) is 3.02. The van der Waals surface area contributed by atoms with Crippen molar-refractivity contribution >= 4 is 17.4 Å². The Hall–Kier alpha value is -2.08. The number of aromatic carboxylic acids is 1. The molecule has 2 aromatic rings. The number of hydrogen-bond acceptors (Lipinski definition) is 4. The average molecular weight is 247 g/mol. The van der Waals surface area contributed by atoms with Crippen LogP contribution in [0.2, 0.25) is 0 Å². The molecule has 3 heterocycles. The van der Waals surface area contributed by atoms with Crippen molar-refractivity contribution in [2.45, 2.75) is 0 Å². The Morgan fingerprint density at radius 1 is 1.33 bits per heavy atom. The SMILES string of the molecule is O=C(O)c1cn2c(N3CCOCC3)cccc2n1. The lowest BCUT2D eigenvalue weighted by Crippen LogP contribution is -2.37. The molecule has 0 amide bonds. The third kappa shape index (κ3) is 1.80. The number of aromatic nitrogens is 2. The van der Waals surface area contributed by atoms with Crippen molar-refractivity contribution < 1.29 is 14.6 Å². The van der Waals surface area contributed by atoms with E-state index >= 15 is 0 Å². The van der Waals surface area contributed by atoms with E-state index < -0.39 is 5.97 Å². The molecular weight excluding hydrogens is 234 g/mol. The fraction of sp³-hybridized carbons (Fsp3) is 0.333. The first kappa shape index (κ1) is 11.0. The molecule has 2 aromatic heterocycles. The van der Waals surface area contributed by atoms with Gasteiger partial charge in [0.2, 0.25) is 0 Å². The van der Waals surface area contributed by atoms with Crippen LogP contribution in [0.1, 0.15) is 10.5 Å². The number of carbonyl (C=O) groups is 1. The molecule has 0 bridgehead atoms. The fourth-order valence-electron chi connectivity index (χ4n) is 2.15. The highest BCUT2D eigenvalue weighted by molar-refractivity contribution is 5.86. The van der Waals surface area contributed by atoms with Crippen LogP contribution in [0.4, 0.5) is 5.82 Å². The molecule has 0 atom stereocenters. The molecule has 0 aliphatic carbocycles. The molecule has 3 rings (SSSR count). The molecule has 6 heteroatoms. The van der Waals surface area contributed by atoms with Gasteiger partial charge in [0.1, 0.15) is 11.5 Å². The van der Waals surface area contributed by atoms with Crippen LogP contribution in [-0.4, -0.2) is 46.8 Å². The zero-order chi connectivity index (χ0) is 12.5. The zero-order valence-corrected chi connectivity index (χ0v) is 9.74. The molecule has 1 aliphatic rings. The second-order valence-corrected chi connectivity index (χ2v) is 4.14. The number of pyridine rings is 1. The van der Waals surface area contributed by atoms with E-state index in [1.807, 2.05) is 16.5 Å². The maximum Gasteiger partial charge on any atom is 0.356 e. The number of ether oxygens (including phenoxy) is 1. The van der Waals surface area contributed by atoms with Crippen LogP contribution in [0, 0.1) is 0 Å². The smallest absolute Gasteiger partial charge is 0.356 e. The van der Waals surface area contributed by atoms with Gasteiger partial charge in [-0.1, -0.05) is 6.07 Å². The maximum absolute atomic E-state index is 10.9. The number of nitrogens with zero attached hydrogens (tertiary/aromatic N) is 3. The monoisotopic (exact) mass is 247 g/mol. The summed E-state index contributed by atoms with van der Waals surface area (Å²) >= 11 is 0. The predicted molar refractivity (Wildman–Crippen MR) is 65.2 cm³/mol. The van der Waals surface area contributed by atoms with E-state index in [1.165, 1.54) is 0 Å². The minimum atomic E-state index is -1.01. The highest BCUT2D eigenvalue weighted by atomic mass is 16.5. The molecule has 0 aromatic carbocycles. The summed E-state index contributed by atoms with van der Waals surface area (Å²) in [7, 11) is 0. The number of carboxylic acids is 1. The molecule has 1 N–H and O–H groups in total. The molecule has 0 radical (unpaired) electrons. The largest absolute Gasteiger partial charge is 0.476 e. The highest BCUT2D eigenvalue weighted by Gasteiger charge is 2.16. The zero-order valence-electron chi connectivity index (χ0n) is 9.74. The Labute approximate surface area is 103 Å². The number of fused-ring (bicyclic) bond motifs is 1. The maximum atomic E-state index is 10.9. The van der Waals surface area contributed by atoms with Gasteiger partial charge in [0, 0.05) is 19.3 Å². The Bertz CT molecular complexity index is 587. The van der Waals surface area contributed by atoms with Crippen LogP contribution in [0.25, 0.3) is 5.65 Å². The highest BCUT2D eigenvalue weighted by Crippen LogP contribution is 2.18. The van der Waals surface area contributed by atoms with Gasteiger partial charge in [0.05, 0.1) is 13.2 Å². The van der Waals surface area contributed by atoms with Gasteiger partial charge in [0.15, 0.2) is 5.69 Å². The molecular formula is C12H13N3O3. The Kier molecular flexibility index (Phi) is 2.64. The number of hydrogen-bond donors (Lipinski definition) is 1. The Balaban J connectivity index is 2.07. The number of rotatable bonds is 2. The molecule has 6 nitrogen and oxygen atoms in total. The van der Waals surface area contributed by atoms with Crippen molar-refractivity contribution in [1.29, 1.82) is 0 Å². The first-order chi connectivity index (χ1) is 8.75. The van der Waals surface area contributed by atoms with E-state index in [1.54, 1.807) is 12.3 Å². The van der Waals surface area contributed by atoms with Crippen LogP contribution in [0.5, 0.6) is 0 Å². The summed E-state index contributed by atoms with van der Waals surface area (Å²) in [5, 5.41) is 8.98. The van der Waals surface area contributed by atoms with Gasteiger partial charge in [-0.25, -0.2) is 9.78 Å². The first-order valence-corrected chi connectivity index (χ1v) is 5.80. The lowest BCUT2D eigenvalue weighted by Gasteiger charge is -2.29. The van der Waals surface area contributed by atoms with Crippen molar-refractivity contribution in [1.82, 2.24) is 9.38 Å². The number of imidazole rings is 1. The molecule has 1 fully saturated rings. The van der Waals surface area contributed by atoms with Crippen molar-refractivity contribution in [3.63, 3.8) is 0 Å². The second kappa shape index (κ2) is 4.30. The van der Waals surface area contributed by atoms with Crippen LogP contribution < -0.4 is 4.90 Å². The van der Waals surface area contributed by atoms with Gasteiger partial charge >= 0.3 is 5.97 Å². The molecule has 0 saturated carbocycles. The molecule has 0 unspecified atom stereocenters. The van der Waals surface area contributed by atoms with Crippen LogP contribution in [-0.2, 0) is 4.74 Å². The molecule has 1 aliphatic heterocycles. The predicted octanol–water partition coefficient (Wildman–Crippen LogP) is 0.869. The topological polar surface area (TPSA) is 67.1 Å². The summed E-state index contributed by atoms with van der Waals surface area (Å²) in [5.74, 6) is -0.0533. The van der Waals surface area contributed by atoms with E-state index in [9.17, 15) is 4.79 Å². The Morgan fingerprint density at radius 3 is 2.83 bits per heavy atom. The summed E-state index contributed by atoms with van der Waals surface area (Å²) in [5.41, 5.74) is 0.715. The van der Waals surface area contributed by atoms with Gasteiger partial charge in [-0.15, -0.1) is 0 Å². The van der Waals surface area contributed by atoms with E-state index in [0.717, 1.165) is 18.9 Å². The van der Waals surface area contributed by atoms with Gasteiger partial charge in [-0.05, 0) is 12.1 Å². The van der Waals surface area contributed by atoms with Gasteiger partial charge in [-0.2, -0.15) is 0 Å². The fourth-order valence-corrected chi connectivity index (χ4v) is 2.15.